The molecule has 4 aromatic rings. The molecule has 0 saturated carbocycles. The molecule has 0 unspecified atom stereocenters. The minimum Gasteiger partial charge on any atom is -0.341 e. The Hall–Kier alpha value is -3.41. The highest BCUT2D eigenvalue weighted by Crippen LogP contribution is 2.13. The minimum absolute atomic E-state index is 0.0470. The molecule has 0 aliphatic heterocycles. The number of carbonyl (C=O) groups is 1. The van der Waals surface area contributed by atoms with Crippen molar-refractivity contribution >= 4 is 11.6 Å². The summed E-state index contributed by atoms with van der Waals surface area (Å²) in [6.07, 6.45) is 7.79. The van der Waals surface area contributed by atoms with E-state index in [1.807, 2.05) is 77.9 Å². The lowest BCUT2D eigenvalue weighted by Gasteiger charge is -2.16. The molecule has 0 atom stereocenters. The lowest BCUT2D eigenvalue weighted by molar-refractivity contribution is -0.129. The first-order valence-corrected chi connectivity index (χ1v) is 8.86. The van der Waals surface area contributed by atoms with Gasteiger partial charge in [-0.1, -0.05) is 24.3 Å². The zero-order valence-corrected chi connectivity index (χ0v) is 15.4. The van der Waals surface area contributed by atoms with Gasteiger partial charge in [-0.2, -0.15) is 5.10 Å². The third-order valence-electron chi connectivity index (χ3n) is 4.64. The maximum absolute atomic E-state index is 12.7. The molecule has 1 aromatic carbocycles. The molecule has 6 heteroatoms. The van der Waals surface area contributed by atoms with Gasteiger partial charge in [-0.3, -0.25) is 4.79 Å². The Morgan fingerprint density at radius 3 is 2.74 bits per heavy atom. The van der Waals surface area contributed by atoms with Crippen molar-refractivity contribution in [3.63, 3.8) is 0 Å². The van der Waals surface area contributed by atoms with Gasteiger partial charge in [-0.25, -0.2) is 9.67 Å². The fourth-order valence-electron chi connectivity index (χ4n) is 3.15. The fourth-order valence-corrected chi connectivity index (χ4v) is 3.15. The van der Waals surface area contributed by atoms with Crippen molar-refractivity contribution in [1.82, 2.24) is 24.1 Å². The van der Waals surface area contributed by atoms with Crippen LogP contribution in [0.15, 0.2) is 67.3 Å². The van der Waals surface area contributed by atoms with Gasteiger partial charge in [0, 0.05) is 37.7 Å². The number of fused-ring (bicyclic) bond motifs is 1. The van der Waals surface area contributed by atoms with Gasteiger partial charge in [0.05, 0.1) is 24.0 Å². The van der Waals surface area contributed by atoms with Crippen LogP contribution >= 0.6 is 0 Å². The standard InChI is InChI=1S/C21H21N5O/c1-16-7-6-10-25-19(13-22-21(16)25)11-20(27)24(2)14-17-12-23-26(15-17)18-8-4-3-5-9-18/h3-10,12-13,15H,11,14H2,1-2H3. The molecule has 3 heterocycles. The highest BCUT2D eigenvalue weighted by atomic mass is 16.2. The molecule has 0 aliphatic carbocycles. The summed E-state index contributed by atoms with van der Waals surface area (Å²) < 4.78 is 3.80. The highest BCUT2D eigenvalue weighted by Gasteiger charge is 2.14. The molecule has 0 spiro atoms. The van der Waals surface area contributed by atoms with Gasteiger partial charge in [-0.15, -0.1) is 0 Å². The summed E-state index contributed by atoms with van der Waals surface area (Å²) in [6.45, 7) is 2.53. The number of pyridine rings is 1. The first kappa shape index (κ1) is 17.0. The number of benzene rings is 1. The first-order chi connectivity index (χ1) is 13.1. The lowest BCUT2D eigenvalue weighted by Crippen LogP contribution is -2.28. The summed E-state index contributed by atoms with van der Waals surface area (Å²) >= 11 is 0. The summed E-state index contributed by atoms with van der Waals surface area (Å²) in [5.74, 6) is 0.0470. The number of amides is 1. The molecule has 4 rings (SSSR count). The number of nitrogens with zero attached hydrogens (tertiary/aromatic N) is 5. The van der Waals surface area contributed by atoms with Crippen LogP contribution in [0.3, 0.4) is 0 Å². The van der Waals surface area contributed by atoms with Gasteiger partial charge in [0.15, 0.2) is 0 Å². The molecular weight excluding hydrogens is 338 g/mol. The molecular formula is C21H21N5O. The SMILES string of the molecule is Cc1cccn2c(CC(=O)N(C)Cc3cnn(-c4ccccc4)c3)cnc12. The maximum atomic E-state index is 12.7. The van der Waals surface area contributed by atoms with Gasteiger partial charge in [0.25, 0.3) is 0 Å². The van der Waals surface area contributed by atoms with Gasteiger partial charge < -0.3 is 9.30 Å². The molecule has 3 aromatic heterocycles. The summed E-state index contributed by atoms with van der Waals surface area (Å²) in [4.78, 5) is 18.8. The van der Waals surface area contributed by atoms with Crippen LogP contribution in [-0.4, -0.2) is 37.0 Å². The van der Waals surface area contributed by atoms with Crippen LogP contribution in [0.5, 0.6) is 0 Å². The number of para-hydroxylation sites is 1. The molecule has 0 aliphatic rings. The smallest absolute Gasteiger partial charge is 0.228 e. The van der Waals surface area contributed by atoms with Crippen molar-refractivity contribution < 1.29 is 4.79 Å². The normalized spacial score (nSPS) is 11.0. The van der Waals surface area contributed by atoms with Crippen LogP contribution in [0.2, 0.25) is 0 Å². The average molecular weight is 359 g/mol. The Balaban J connectivity index is 1.45. The topological polar surface area (TPSA) is 55.4 Å². The average Bonchev–Trinajstić information content (AvgIpc) is 3.31. The molecule has 136 valence electrons. The minimum atomic E-state index is 0.0470. The van der Waals surface area contributed by atoms with Gasteiger partial charge >= 0.3 is 0 Å². The number of hydrogen-bond donors (Lipinski definition) is 0. The summed E-state index contributed by atoms with van der Waals surface area (Å²) in [5, 5.41) is 4.39. The van der Waals surface area contributed by atoms with E-state index in [0.717, 1.165) is 28.2 Å². The van der Waals surface area contributed by atoms with Crippen molar-refractivity contribution in [3.8, 4) is 5.69 Å². The van der Waals surface area contributed by atoms with E-state index >= 15 is 0 Å². The Kier molecular flexibility index (Phi) is 4.46. The molecule has 0 saturated heterocycles. The van der Waals surface area contributed by atoms with Crippen molar-refractivity contribution in [3.05, 3.63) is 84.1 Å². The van der Waals surface area contributed by atoms with E-state index in [1.54, 1.807) is 17.3 Å². The molecule has 0 fully saturated rings. The number of rotatable bonds is 5. The Labute approximate surface area is 157 Å². The number of aromatic nitrogens is 4. The maximum Gasteiger partial charge on any atom is 0.228 e. The van der Waals surface area contributed by atoms with Crippen LogP contribution in [-0.2, 0) is 17.8 Å². The largest absolute Gasteiger partial charge is 0.341 e. The molecule has 0 N–H and O–H groups in total. The van der Waals surface area contributed by atoms with Crippen molar-refractivity contribution in [2.45, 2.75) is 19.9 Å². The monoisotopic (exact) mass is 359 g/mol. The fraction of sp³-hybridized carbons (Fsp3) is 0.190. The summed E-state index contributed by atoms with van der Waals surface area (Å²) in [6, 6.07) is 13.9. The van der Waals surface area contributed by atoms with Gasteiger partial charge in [-0.05, 0) is 30.7 Å². The predicted molar refractivity (Wildman–Crippen MR) is 104 cm³/mol. The summed E-state index contributed by atoms with van der Waals surface area (Å²) in [5.41, 5.74) is 4.87. The second kappa shape index (κ2) is 7.07. The quantitative estimate of drug-likeness (QED) is 0.550. The summed E-state index contributed by atoms with van der Waals surface area (Å²) in [7, 11) is 1.82. The predicted octanol–water partition coefficient (Wildman–Crippen LogP) is 3.03. The van der Waals surface area contributed by atoms with Crippen LogP contribution in [0.25, 0.3) is 11.3 Å². The second-order valence-electron chi connectivity index (χ2n) is 6.69. The van der Waals surface area contributed by atoms with E-state index in [9.17, 15) is 4.79 Å². The van der Waals surface area contributed by atoms with Crippen molar-refractivity contribution in [2.75, 3.05) is 7.05 Å². The molecule has 6 nitrogen and oxygen atoms in total. The Morgan fingerprint density at radius 1 is 1.11 bits per heavy atom. The zero-order valence-electron chi connectivity index (χ0n) is 15.4. The zero-order chi connectivity index (χ0) is 18.8. The number of likely N-dealkylation sites (N-methyl/N-ethyl adjacent to an activating group) is 1. The lowest BCUT2D eigenvalue weighted by atomic mass is 10.2. The van der Waals surface area contributed by atoms with Crippen LogP contribution in [0.4, 0.5) is 0 Å². The molecule has 1 amide bonds. The van der Waals surface area contributed by atoms with E-state index in [4.69, 9.17) is 0 Å². The molecule has 27 heavy (non-hydrogen) atoms. The van der Waals surface area contributed by atoms with E-state index in [0.29, 0.717) is 13.0 Å². The van der Waals surface area contributed by atoms with Gasteiger partial charge in [0.1, 0.15) is 5.65 Å². The molecule has 0 radical (unpaired) electrons. The number of aryl methyl sites for hydroxylation is 1. The third-order valence-corrected chi connectivity index (χ3v) is 4.64. The highest BCUT2D eigenvalue weighted by molar-refractivity contribution is 5.78. The Morgan fingerprint density at radius 2 is 1.93 bits per heavy atom. The third kappa shape index (κ3) is 3.46. The van der Waals surface area contributed by atoms with Crippen molar-refractivity contribution in [1.29, 1.82) is 0 Å². The number of hydrogen-bond acceptors (Lipinski definition) is 3. The first-order valence-electron chi connectivity index (χ1n) is 8.86. The van der Waals surface area contributed by atoms with E-state index < -0.39 is 0 Å². The van der Waals surface area contributed by atoms with Crippen LogP contribution in [0, 0.1) is 6.92 Å². The van der Waals surface area contributed by atoms with E-state index in [2.05, 4.69) is 10.1 Å². The number of carbonyl (C=O) groups excluding carboxylic acids is 1. The van der Waals surface area contributed by atoms with Crippen molar-refractivity contribution in [2.24, 2.45) is 0 Å². The number of imidazole rings is 1. The van der Waals surface area contributed by atoms with Gasteiger partial charge in [0.2, 0.25) is 5.91 Å². The van der Waals surface area contributed by atoms with E-state index in [1.165, 1.54) is 0 Å². The second-order valence-corrected chi connectivity index (χ2v) is 6.69. The van der Waals surface area contributed by atoms with E-state index in [-0.39, 0.29) is 5.91 Å². The van der Waals surface area contributed by atoms with Crippen LogP contribution in [0.1, 0.15) is 16.8 Å². The van der Waals surface area contributed by atoms with Crippen LogP contribution < -0.4 is 0 Å². The molecule has 0 bridgehead atoms. The Bertz CT molecular complexity index is 1080.